The van der Waals surface area contributed by atoms with Gasteiger partial charge in [0.05, 0.1) is 26.4 Å². The highest BCUT2D eigenvalue weighted by atomic mass is 31.2. The van der Waals surface area contributed by atoms with E-state index in [2.05, 4.69) is 72.8 Å². The lowest BCUT2D eigenvalue weighted by atomic mass is 10.0. The van der Waals surface area contributed by atoms with Gasteiger partial charge in [-0.1, -0.05) is 330 Å². The topological polar surface area (TPSA) is 237 Å². The van der Waals surface area contributed by atoms with E-state index in [0.29, 0.717) is 31.6 Å². The zero-order valence-corrected chi connectivity index (χ0v) is 65.5. The highest BCUT2D eigenvalue weighted by Gasteiger charge is 2.30. The number of phosphoric ester groups is 2. The molecule has 578 valence electrons. The molecule has 0 heterocycles. The summed E-state index contributed by atoms with van der Waals surface area (Å²) in [5, 5.41) is 10.6. The highest BCUT2D eigenvalue weighted by Crippen LogP contribution is 2.45. The average molecular weight is 1430 g/mol. The van der Waals surface area contributed by atoms with Crippen LogP contribution in [-0.2, 0) is 65.4 Å². The molecule has 3 unspecified atom stereocenters. The van der Waals surface area contributed by atoms with Crippen LogP contribution >= 0.6 is 15.6 Å². The Morgan fingerprint density at radius 2 is 0.551 bits per heavy atom. The van der Waals surface area contributed by atoms with Crippen molar-refractivity contribution in [3.05, 3.63) is 24.3 Å². The van der Waals surface area contributed by atoms with Crippen LogP contribution in [0.5, 0.6) is 0 Å². The molecular formula is C79H150O17P2. The lowest BCUT2D eigenvalue weighted by Gasteiger charge is -2.21. The SMILES string of the molecule is CCCCCC/C=C\C=C/CCCCCCCC(=O)O[C@H](COC(=O)CCCCCCCCCCCCCC(C)C)COP(=O)(O)OCC(O)COP(=O)(O)OC[C@@H](COC(=O)CCCCCCCCCC(C)C)OC(=O)CCCCCCCCCCCCCCCCCCC(C)C. The maximum atomic E-state index is 13.1. The molecule has 3 N–H and O–H groups in total. The maximum Gasteiger partial charge on any atom is 0.472 e. The van der Waals surface area contributed by atoms with Crippen molar-refractivity contribution in [1.29, 1.82) is 0 Å². The molecule has 0 spiro atoms. The molecule has 0 aliphatic carbocycles. The van der Waals surface area contributed by atoms with E-state index in [-0.39, 0.29) is 25.7 Å². The first-order chi connectivity index (χ1) is 47.2. The molecule has 0 aliphatic heterocycles. The minimum atomic E-state index is -4.97. The molecule has 0 saturated carbocycles. The number of ether oxygens (including phenoxy) is 4. The van der Waals surface area contributed by atoms with Gasteiger partial charge < -0.3 is 33.8 Å². The molecule has 5 atom stereocenters. The van der Waals surface area contributed by atoms with Gasteiger partial charge in [-0.05, 0) is 69.1 Å². The van der Waals surface area contributed by atoms with E-state index in [4.69, 9.17) is 37.0 Å². The van der Waals surface area contributed by atoms with Gasteiger partial charge >= 0.3 is 39.5 Å². The first kappa shape index (κ1) is 95.5. The summed E-state index contributed by atoms with van der Waals surface area (Å²) in [7, 11) is -9.93. The molecule has 0 amide bonds. The number of aliphatic hydroxyl groups excluding tert-OH is 1. The quantitative estimate of drug-likeness (QED) is 0.0169. The van der Waals surface area contributed by atoms with Gasteiger partial charge in [0, 0.05) is 25.7 Å². The van der Waals surface area contributed by atoms with Crippen LogP contribution in [0.2, 0.25) is 0 Å². The van der Waals surface area contributed by atoms with Gasteiger partial charge in [-0.2, -0.15) is 0 Å². The van der Waals surface area contributed by atoms with Crippen molar-refractivity contribution in [3.63, 3.8) is 0 Å². The number of hydrogen-bond donors (Lipinski definition) is 3. The molecule has 0 fully saturated rings. The third-order valence-corrected chi connectivity index (χ3v) is 19.7. The Morgan fingerprint density at radius 3 is 0.827 bits per heavy atom. The van der Waals surface area contributed by atoms with Crippen LogP contribution in [0.3, 0.4) is 0 Å². The van der Waals surface area contributed by atoms with Crippen LogP contribution in [0.1, 0.15) is 382 Å². The number of unbranched alkanes of at least 4 members (excludes halogenated alkanes) is 40. The van der Waals surface area contributed by atoms with Gasteiger partial charge in [0.1, 0.15) is 19.3 Å². The summed E-state index contributed by atoms with van der Waals surface area (Å²) in [6.45, 7) is 11.8. The second-order valence-corrected chi connectivity index (χ2v) is 32.1. The normalized spacial score (nSPS) is 14.2. The summed E-state index contributed by atoms with van der Waals surface area (Å²) in [6, 6.07) is 0. The van der Waals surface area contributed by atoms with Crippen molar-refractivity contribution < 1.29 is 80.2 Å². The minimum Gasteiger partial charge on any atom is -0.462 e. The Hall–Kier alpha value is -2.46. The number of phosphoric acid groups is 2. The number of esters is 4. The molecule has 98 heavy (non-hydrogen) atoms. The summed E-state index contributed by atoms with van der Waals surface area (Å²) in [5.74, 6) is 0.135. The fraction of sp³-hybridized carbons (Fsp3) is 0.899. The Morgan fingerprint density at radius 1 is 0.316 bits per heavy atom. The van der Waals surface area contributed by atoms with Crippen molar-refractivity contribution in [2.24, 2.45) is 17.8 Å². The van der Waals surface area contributed by atoms with Gasteiger partial charge in [0.15, 0.2) is 12.2 Å². The summed E-state index contributed by atoms with van der Waals surface area (Å²) < 4.78 is 68.6. The molecule has 17 nitrogen and oxygen atoms in total. The summed E-state index contributed by atoms with van der Waals surface area (Å²) in [4.78, 5) is 72.9. The average Bonchev–Trinajstić information content (AvgIpc) is 0.960. The first-order valence-corrected chi connectivity index (χ1v) is 43.2. The Bertz CT molecular complexity index is 2000. The number of carbonyl (C=O) groups excluding carboxylic acids is 4. The summed E-state index contributed by atoms with van der Waals surface area (Å²) >= 11 is 0. The van der Waals surface area contributed by atoms with Crippen LogP contribution in [0.15, 0.2) is 24.3 Å². The fourth-order valence-electron chi connectivity index (χ4n) is 11.6. The van der Waals surface area contributed by atoms with Gasteiger partial charge in [-0.3, -0.25) is 37.3 Å². The second kappa shape index (κ2) is 68.9. The van der Waals surface area contributed by atoms with E-state index in [1.807, 2.05) is 0 Å². The van der Waals surface area contributed by atoms with Gasteiger partial charge in [0.2, 0.25) is 0 Å². The maximum absolute atomic E-state index is 13.1. The molecule has 0 aromatic rings. The molecular weight excluding hydrogens is 1280 g/mol. The number of hydrogen-bond acceptors (Lipinski definition) is 15. The van der Waals surface area contributed by atoms with Crippen molar-refractivity contribution in [2.75, 3.05) is 39.6 Å². The molecule has 0 saturated heterocycles. The Balaban J connectivity index is 5.26. The predicted octanol–water partition coefficient (Wildman–Crippen LogP) is 22.9. The predicted molar refractivity (Wildman–Crippen MR) is 400 cm³/mol. The molecule has 0 aromatic carbocycles. The monoisotopic (exact) mass is 1430 g/mol. The number of allylic oxidation sites excluding steroid dienone is 4. The number of rotatable bonds is 75. The van der Waals surface area contributed by atoms with Crippen molar-refractivity contribution >= 4 is 39.5 Å². The number of aliphatic hydroxyl groups is 1. The van der Waals surface area contributed by atoms with E-state index >= 15 is 0 Å². The van der Waals surface area contributed by atoms with Crippen molar-refractivity contribution in [1.82, 2.24) is 0 Å². The largest absolute Gasteiger partial charge is 0.472 e. The van der Waals surface area contributed by atoms with Crippen LogP contribution in [0, 0.1) is 17.8 Å². The van der Waals surface area contributed by atoms with E-state index in [1.165, 1.54) is 173 Å². The zero-order chi connectivity index (χ0) is 72.3. The van der Waals surface area contributed by atoms with E-state index in [0.717, 1.165) is 121 Å². The summed E-state index contributed by atoms with van der Waals surface area (Å²) in [6.07, 6.45) is 59.2. The third-order valence-electron chi connectivity index (χ3n) is 17.8. The Kier molecular flexibility index (Phi) is 67.2. The third kappa shape index (κ3) is 71.9. The van der Waals surface area contributed by atoms with Crippen LogP contribution < -0.4 is 0 Å². The zero-order valence-electron chi connectivity index (χ0n) is 63.7. The van der Waals surface area contributed by atoms with Crippen molar-refractivity contribution in [3.8, 4) is 0 Å². The van der Waals surface area contributed by atoms with Crippen LogP contribution in [-0.4, -0.2) is 96.7 Å². The molecule has 0 rings (SSSR count). The van der Waals surface area contributed by atoms with Gasteiger partial charge in [-0.15, -0.1) is 0 Å². The van der Waals surface area contributed by atoms with E-state index in [1.54, 1.807) is 0 Å². The number of carbonyl (C=O) groups is 4. The Labute approximate surface area is 599 Å². The van der Waals surface area contributed by atoms with Gasteiger partial charge in [0.25, 0.3) is 0 Å². The van der Waals surface area contributed by atoms with Gasteiger partial charge in [-0.25, -0.2) is 9.13 Å². The first-order valence-electron chi connectivity index (χ1n) is 40.2. The standard InChI is InChI=1S/C79H150O17P2/c1-8-9-10-11-12-13-14-15-18-22-27-33-40-48-55-62-78(83)95-74(66-89-76(81)60-53-46-39-32-29-24-26-31-37-44-51-58-71(4)5)68-93-97(85,86)91-64-73(80)65-92-98(87,88)94-69-75(67-90-77(82)61-54-47-42-35-38-45-52-59-72(6)7)96-79(84)63-56-49-41-34-28-23-20-17-16-19-21-25-30-36-43-50-57-70(2)3/h13-15,18,70-75,80H,8-12,16-17,19-69H2,1-7H3,(H,85,86)(H,87,88)/b14-13-,18-15-/t73?,74-,75-/m1/s1. The lowest BCUT2D eigenvalue weighted by molar-refractivity contribution is -0.161. The molecule has 0 radical (unpaired) electrons. The molecule has 0 aromatic heterocycles. The van der Waals surface area contributed by atoms with E-state index < -0.39 is 97.5 Å². The highest BCUT2D eigenvalue weighted by molar-refractivity contribution is 7.47. The van der Waals surface area contributed by atoms with E-state index in [9.17, 15) is 43.2 Å². The molecule has 0 aliphatic rings. The summed E-state index contributed by atoms with van der Waals surface area (Å²) in [5.41, 5.74) is 0. The second-order valence-electron chi connectivity index (χ2n) is 29.2. The molecule has 0 bridgehead atoms. The van der Waals surface area contributed by atoms with Crippen LogP contribution in [0.25, 0.3) is 0 Å². The van der Waals surface area contributed by atoms with Crippen molar-refractivity contribution in [2.45, 2.75) is 401 Å². The van der Waals surface area contributed by atoms with Crippen LogP contribution in [0.4, 0.5) is 0 Å². The molecule has 19 heteroatoms. The fourth-order valence-corrected chi connectivity index (χ4v) is 13.2. The smallest absolute Gasteiger partial charge is 0.462 e. The minimum absolute atomic E-state index is 0.0847. The lowest BCUT2D eigenvalue weighted by Crippen LogP contribution is -2.30.